The van der Waals surface area contributed by atoms with Gasteiger partial charge in [0.15, 0.2) is 0 Å². The molecule has 0 aromatic heterocycles. The molecule has 104 valence electrons. The van der Waals surface area contributed by atoms with E-state index in [9.17, 15) is 15.0 Å². The van der Waals surface area contributed by atoms with Crippen molar-refractivity contribution in [3.8, 4) is 11.5 Å². The summed E-state index contributed by atoms with van der Waals surface area (Å²) in [6.45, 7) is 1.82. The van der Waals surface area contributed by atoms with Crippen molar-refractivity contribution in [2.24, 2.45) is 0 Å². The molecule has 1 atom stereocenters. The Kier molecular flexibility index (Phi) is 4.15. The van der Waals surface area contributed by atoms with E-state index in [2.05, 4.69) is 5.32 Å². The van der Waals surface area contributed by atoms with Crippen LogP contribution in [-0.4, -0.2) is 16.1 Å². The number of carbonyl (C=O) groups excluding carboxylic acids is 1. The van der Waals surface area contributed by atoms with Gasteiger partial charge in [0.25, 0.3) is 5.91 Å². The Morgan fingerprint density at radius 3 is 2.60 bits per heavy atom. The molecule has 0 saturated carbocycles. The molecular formula is C15H14ClNO3. The first-order valence-electron chi connectivity index (χ1n) is 6.05. The number of hydrogen-bond acceptors (Lipinski definition) is 3. The summed E-state index contributed by atoms with van der Waals surface area (Å²) in [5.74, 6) is -0.780. The zero-order valence-electron chi connectivity index (χ0n) is 10.8. The minimum Gasteiger partial charge on any atom is -0.508 e. The van der Waals surface area contributed by atoms with Crippen LogP contribution in [0.3, 0.4) is 0 Å². The quantitative estimate of drug-likeness (QED) is 0.813. The number of halogens is 1. The maximum absolute atomic E-state index is 12.1. The molecule has 0 aliphatic rings. The Labute approximate surface area is 121 Å². The number of nitrogens with one attached hydrogen (secondary N) is 1. The second-order valence-electron chi connectivity index (χ2n) is 4.45. The van der Waals surface area contributed by atoms with E-state index < -0.39 is 5.91 Å². The average molecular weight is 292 g/mol. The van der Waals surface area contributed by atoms with Gasteiger partial charge in [0.05, 0.1) is 11.6 Å². The van der Waals surface area contributed by atoms with E-state index in [-0.39, 0.29) is 23.1 Å². The molecule has 0 spiro atoms. The first kappa shape index (κ1) is 14.2. The monoisotopic (exact) mass is 291 g/mol. The van der Waals surface area contributed by atoms with Crippen LogP contribution in [0, 0.1) is 0 Å². The molecule has 1 unspecified atom stereocenters. The minimum atomic E-state index is -0.421. The minimum absolute atomic E-state index is 0.0954. The van der Waals surface area contributed by atoms with Gasteiger partial charge in [-0.2, -0.15) is 0 Å². The summed E-state index contributed by atoms with van der Waals surface area (Å²) >= 11 is 5.90. The number of benzene rings is 2. The predicted molar refractivity (Wildman–Crippen MR) is 77.1 cm³/mol. The molecule has 4 nitrogen and oxygen atoms in total. The van der Waals surface area contributed by atoms with Crippen LogP contribution in [0.2, 0.25) is 5.02 Å². The standard InChI is InChI=1S/C15H14ClNO3/c1-9(10-3-2-4-11(16)7-10)17-15(20)13-6-5-12(18)8-14(13)19/h2-9,18-19H,1H3,(H,17,20). The molecule has 20 heavy (non-hydrogen) atoms. The van der Waals surface area contributed by atoms with E-state index in [1.807, 2.05) is 13.0 Å². The first-order valence-corrected chi connectivity index (χ1v) is 6.43. The van der Waals surface area contributed by atoms with Crippen LogP contribution in [0.4, 0.5) is 0 Å². The van der Waals surface area contributed by atoms with Gasteiger partial charge in [0.2, 0.25) is 0 Å². The SMILES string of the molecule is CC(NC(=O)c1ccc(O)cc1O)c1cccc(Cl)c1. The highest BCUT2D eigenvalue weighted by Gasteiger charge is 2.15. The van der Waals surface area contributed by atoms with Crippen LogP contribution in [0.5, 0.6) is 11.5 Å². The van der Waals surface area contributed by atoms with Gasteiger partial charge in [0.1, 0.15) is 11.5 Å². The van der Waals surface area contributed by atoms with Gasteiger partial charge in [0, 0.05) is 11.1 Å². The average Bonchev–Trinajstić information content (AvgIpc) is 2.38. The maximum atomic E-state index is 12.1. The zero-order chi connectivity index (χ0) is 14.7. The van der Waals surface area contributed by atoms with Crippen LogP contribution in [-0.2, 0) is 0 Å². The van der Waals surface area contributed by atoms with Gasteiger partial charge < -0.3 is 15.5 Å². The Bertz CT molecular complexity index is 643. The lowest BCUT2D eigenvalue weighted by atomic mass is 10.1. The largest absolute Gasteiger partial charge is 0.508 e. The molecule has 0 bridgehead atoms. The van der Waals surface area contributed by atoms with Gasteiger partial charge in [-0.15, -0.1) is 0 Å². The zero-order valence-corrected chi connectivity index (χ0v) is 11.6. The Balaban J connectivity index is 2.15. The van der Waals surface area contributed by atoms with Crippen LogP contribution in [0.15, 0.2) is 42.5 Å². The lowest BCUT2D eigenvalue weighted by molar-refractivity contribution is 0.0937. The second-order valence-corrected chi connectivity index (χ2v) is 4.89. The molecule has 2 aromatic rings. The highest BCUT2D eigenvalue weighted by Crippen LogP contribution is 2.24. The Hall–Kier alpha value is -2.20. The first-order chi connectivity index (χ1) is 9.47. The van der Waals surface area contributed by atoms with E-state index >= 15 is 0 Å². The van der Waals surface area contributed by atoms with Gasteiger partial charge in [-0.25, -0.2) is 0 Å². The van der Waals surface area contributed by atoms with Crippen molar-refractivity contribution >= 4 is 17.5 Å². The summed E-state index contributed by atoms with van der Waals surface area (Å²) in [4.78, 5) is 12.1. The van der Waals surface area contributed by atoms with E-state index in [1.165, 1.54) is 12.1 Å². The molecule has 2 rings (SSSR count). The number of amides is 1. The van der Waals surface area contributed by atoms with Crippen molar-refractivity contribution in [2.45, 2.75) is 13.0 Å². The van der Waals surface area contributed by atoms with Crippen LogP contribution in [0.1, 0.15) is 28.9 Å². The second kappa shape index (κ2) is 5.84. The molecule has 0 aliphatic carbocycles. The van der Waals surface area contributed by atoms with E-state index in [4.69, 9.17) is 11.6 Å². The smallest absolute Gasteiger partial charge is 0.255 e. The lowest BCUT2D eigenvalue weighted by Crippen LogP contribution is -2.26. The fourth-order valence-electron chi connectivity index (χ4n) is 1.85. The van der Waals surface area contributed by atoms with Gasteiger partial charge >= 0.3 is 0 Å². The molecule has 3 N–H and O–H groups in total. The van der Waals surface area contributed by atoms with E-state index in [1.54, 1.807) is 18.2 Å². The topological polar surface area (TPSA) is 69.6 Å². The third kappa shape index (κ3) is 3.22. The van der Waals surface area contributed by atoms with Crippen LogP contribution >= 0.6 is 11.6 Å². The molecule has 0 aliphatic heterocycles. The van der Waals surface area contributed by atoms with Crippen molar-refractivity contribution in [3.63, 3.8) is 0 Å². The van der Waals surface area contributed by atoms with Crippen molar-refractivity contribution in [2.75, 3.05) is 0 Å². The normalized spacial score (nSPS) is 11.9. The molecule has 0 fully saturated rings. The van der Waals surface area contributed by atoms with Crippen LogP contribution in [0.25, 0.3) is 0 Å². The number of phenols is 2. The summed E-state index contributed by atoms with van der Waals surface area (Å²) in [7, 11) is 0. The number of aromatic hydroxyl groups is 2. The van der Waals surface area contributed by atoms with Crippen molar-refractivity contribution < 1.29 is 15.0 Å². The van der Waals surface area contributed by atoms with Crippen LogP contribution < -0.4 is 5.32 Å². The number of phenolic OH excluding ortho intramolecular Hbond substituents is 2. The van der Waals surface area contributed by atoms with E-state index in [0.717, 1.165) is 11.6 Å². The highest BCUT2D eigenvalue weighted by molar-refractivity contribution is 6.30. The third-order valence-electron chi connectivity index (χ3n) is 2.92. The molecular weight excluding hydrogens is 278 g/mol. The summed E-state index contributed by atoms with van der Waals surface area (Å²) < 4.78 is 0. The molecule has 0 saturated heterocycles. The summed E-state index contributed by atoms with van der Waals surface area (Å²) in [6, 6.07) is 10.8. The molecule has 1 amide bonds. The number of hydrogen-bond donors (Lipinski definition) is 3. The van der Waals surface area contributed by atoms with Gasteiger partial charge in [-0.1, -0.05) is 23.7 Å². The summed E-state index contributed by atoms with van der Waals surface area (Å²) in [5, 5.41) is 22.2. The summed E-state index contributed by atoms with van der Waals surface area (Å²) in [6.07, 6.45) is 0. The molecule has 2 aromatic carbocycles. The van der Waals surface area contributed by atoms with Crippen molar-refractivity contribution in [1.29, 1.82) is 0 Å². The van der Waals surface area contributed by atoms with E-state index in [0.29, 0.717) is 5.02 Å². The van der Waals surface area contributed by atoms with Crippen molar-refractivity contribution in [3.05, 3.63) is 58.6 Å². The number of carbonyl (C=O) groups is 1. The number of rotatable bonds is 3. The van der Waals surface area contributed by atoms with Gasteiger partial charge in [-0.3, -0.25) is 4.79 Å². The molecule has 0 heterocycles. The Morgan fingerprint density at radius 2 is 1.95 bits per heavy atom. The molecule has 0 radical (unpaired) electrons. The van der Waals surface area contributed by atoms with Gasteiger partial charge in [-0.05, 0) is 36.8 Å². The maximum Gasteiger partial charge on any atom is 0.255 e. The summed E-state index contributed by atoms with van der Waals surface area (Å²) in [5.41, 5.74) is 0.973. The third-order valence-corrected chi connectivity index (χ3v) is 3.16. The fraction of sp³-hybridized carbons (Fsp3) is 0.133. The Morgan fingerprint density at radius 1 is 1.20 bits per heavy atom. The lowest BCUT2D eigenvalue weighted by Gasteiger charge is -2.15. The molecule has 5 heteroatoms. The van der Waals surface area contributed by atoms with Crippen molar-refractivity contribution in [1.82, 2.24) is 5.32 Å². The highest BCUT2D eigenvalue weighted by atomic mass is 35.5. The fourth-order valence-corrected chi connectivity index (χ4v) is 2.04. The predicted octanol–water partition coefficient (Wildman–Crippen LogP) is 3.24.